The van der Waals surface area contributed by atoms with E-state index in [1.165, 1.54) is 6.08 Å². The van der Waals surface area contributed by atoms with Gasteiger partial charge in [-0.05, 0) is 36.4 Å². The molecule has 0 aromatic heterocycles. The highest BCUT2D eigenvalue weighted by Gasteiger charge is 2.09. The molecule has 4 nitrogen and oxygen atoms in total. The van der Waals surface area contributed by atoms with Gasteiger partial charge in [-0.1, -0.05) is 24.8 Å². The van der Waals surface area contributed by atoms with Crippen molar-refractivity contribution in [2.75, 3.05) is 20.8 Å². The van der Waals surface area contributed by atoms with Gasteiger partial charge in [0.05, 0.1) is 19.8 Å². The smallest absolute Gasteiger partial charge is 0.189 e. The first-order valence-corrected chi connectivity index (χ1v) is 7.46. The molecule has 2 aromatic carbocycles. The van der Waals surface area contributed by atoms with Crippen molar-refractivity contribution in [3.05, 3.63) is 72.3 Å². The number of allylic oxidation sites excluding steroid dienone is 1. The number of methoxy groups -OCH3 is 2. The molecule has 0 atom stereocenters. The molecule has 24 heavy (non-hydrogen) atoms. The molecule has 0 unspecified atom stereocenters. The summed E-state index contributed by atoms with van der Waals surface area (Å²) in [6, 6.07) is 12.5. The van der Waals surface area contributed by atoms with Crippen molar-refractivity contribution in [1.29, 1.82) is 0 Å². The average molecular weight is 324 g/mol. The highest BCUT2D eigenvalue weighted by Crippen LogP contribution is 2.26. The number of benzene rings is 2. The summed E-state index contributed by atoms with van der Waals surface area (Å²) in [4.78, 5) is 12.5. The monoisotopic (exact) mass is 324 g/mol. The normalized spacial score (nSPS) is 10.4. The number of hydrogen-bond donors (Lipinski definition) is 0. The first-order chi connectivity index (χ1) is 11.7. The molecule has 0 amide bonds. The van der Waals surface area contributed by atoms with E-state index in [4.69, 9.17) is 14.2 Å². The van der Waals surface area contributed by atoms with Crippen molar-refractivity contribution in [2.24, 2.45) is 0 Å². The van der Waals surface area contributed by atoms with Crippen molar-refractivity contribution in [2.45, 2.75) is 0 Å². The van der Waals surface area contributed by atoms with E-state index in [9.17, 15) is 4.79 Å². The molecule has 2 rings (SSSR count). The van der Waals surface area contributed by atoms with E-state index in [1.807, 2.05) is 18.2 Å². The molecular formula is C20H20O4. The fourth-order valence-electron chi connectivity index (χ4n) is 2.16. The highest BCUT2D eigenvalue weighted by molar-refractivity contribution is 6.08. The van der Waals surface area contributed by atoms with Crippen LogP contribution in [-0.2, 0) is 0 Å². The van der Waals surface area contributed by atoms with Crippen LogP contribution in [0.2, 0.25) is 0 Å². The Morgan fingerprint density at radius 2 is 1.88 bits per heavy atom. The summed E-state index contributed by atoms with van der Waals surface area (Å²) in [7, 11) is 3.17. The minimum absolute atomic E-state index is 0.146. The lowest BCUT2D eigenvalue weighted by Gasteiger charge is -2.08. The number of para-hydroxylation sites is 1. The zero-order valence-electron chi connectivity index (χ0n) is 13.8. The Kier molecular flexibility index (Phi) is 6.20. The van der Waals surface area contributed by atoms with Crippen LogP contribution < -0.4 is 14.2 Å². The molecule has 0 aliphatic heterocycles. The van der Waals surface area contributed by atoms with Gasteiger partial charge in [-0.2, -0.15) is 0 Å². The Morgan fingerprint density at radius 1 is 1.08 bits per heavy atom. The maximum Gasteiger partial charge on any atom is 0.189 e. The SMILES string of the molecule is C=CCOc1ccccc1C(=O)/C=C/c1ccc(OC)cc1OC. The maximum atomic E-state index is 12.5. The van der Waals surface area contributed by atoms with Crippen LogP contribution in [0.15, 0.2) is 61.2 Å². The molecule has 0 N–H and O–H groups in total. The summed E-state index contributed by atoms with van der Waals surface area (Å²) < 4.78 is 16.0. The molecule has 124 valence electrons. The second-order valence-electron chi connectivity index (χ2n) is 4.90. The summed E-state index contributed by atoms with van der Waals surface area (Å²) in [5.41, 5.74) is 1.29. The molecule has 0 aliphatic rings. The molecule has 0 radical (unpaired) electrons. The van der Waals surface area contributed by atoms with E-state index < -0.39 is 0 Å². The Hall–Kier alpha value is -3.01. The number of ether oxygens (including phenoxy) is 3. The van der Waals surface area contributed by atoms with Gasteiger partial charge in [0.25, 0.3) is 0 Å². The first kappa shape index (κ1) is 17.3. The highest BCUT2D eigenvalue weighted by atomic mass is 16.5. The van der Waals surface area contributed by atoms with Gasteiger partial charge < -0.3 is 14.2 Å². The predicted octanol–water partition coefficient (Wildman–Crippen LogP) is 4.16. The van der Waals surface area contributed by atoms with Crippen LogP contribution in [0, 0.1) is 0 Å². The summed E-state index contributed by atoms with van der Waals surface area (Å²) in [5, 5.41) is 0. The molecule has 0 saturated carbocycles. The largest absolute Gasteiger partial charge is 0.497 e. The minimum Gasteiger partial charge on any atom is -0.497 e. The second kappa shape index (κ2) is 8.58. The number of carbonyl (C=O) groups excluding carboxylic acids is 1. The maximum absolute atomic E-state index is 12.5. The van der Waals surface area contributed by atoms with Gasteiger partial charge in [-0.25, -0.2) is 0 Å². The lowest BCUT2D eigenvalue weighted by atomic mass is 10.1. The molecule has 2 aromatic rings. The topological polar surface area (TPSA) is 44.8 Å². The molecule has 4 heteroatoms. The zero-order valence-corrected chi connectivity index (χ0v) is 13.8. The molecule has 0 saturated heterocycles. The van der Waals surface area contributed by atoms with Crippen LogP contribution in [0.1, 0.15) is 15.9 Å². The van der Waals surface area contributed by atoms with Crippen LogP contribution >= 0.6 is 0 Å². The number of carbonyl (C=O) groups is 1. The third-order valence-electron chi connectivity index (χ3n) is 3.36. The standard InChI is InChI=1S/C20H20O4/c1-4-13-24-19-8-6-5-7-17(19)18(21)12-10-15-9-11-16(22-2)14-20(15)23-3/h4-12,14H,1,13H2,2-3H3/b12-10+. The third-order valence-corrected chi connectivity index (χ3v) is 3.36. The van der Waals surface area contributed by atoms with Crippen LogP contribution in [0.25, 0.3) is 6.08 Å². The van der Waals surface area contributed by atoms with E-state index in [0.29, 0.717) is 29.4 Å². The van der Waals surface area contributed by atoms with Gasteiger partial charge in [0, 0.05) is 11.6 Å². The second-order valence-corrected chi connectivity index (χ2v) is 4.90. The lowest BCUT2D eigenvalue weighted by molar-refractivity contribution is 0.104. The molecule has 0 heterocycles. The molecular weight excluding hydrogens is 304 g/mol. The van der Waals surface area contributed by atoms with Gasteiger partial charge in [0.2, 0.25) is 0 Å². The Balaban J connectivity index is 2.23. The molecule has 0 spiro atoms. The van der Waals surface area contributed by atoms with E-state index in [0.717, 1.165) is 5.56 Å². The minimum atomic E-state index is -0.146. The van der Waals surface area contributed by atoms with Crippen molar-refractivity contribution in [3.8, 4) is 17.2 Å². The third kappa shape index (κ3) is 4.26. The number of hydrogen-bond acceptors (Lipinski definition) is 4. The summed E-state index contributed by atoms with van der Waals surface area (Å²) >= 11 is 0. The van der Waals surface area contributed by atoms with Gasteiger partial charge in [0.1, 0.15) is 23.9 Å². The van der Waals surface area contributed by atoms with Crippen LogP contribution in [0.3, 0.4) is 0 Å². The average Bonchev–Trinajstić information content (AvgIpc) is 2.64. The van der Waals surface area contributed by atoms with Gasteiger partial charge >= 0.3 is 0 Å². The van der Waals surface area contributed by atoms with Crippen LogP contribution in [0.4, 0.5) is 0 Å². The molecule has 0 fully saturated rings. The summed E-state index contributed by atoms with van der Waals surface area (Å²) in [5.74, 6) is 1.72. The van der Waals surface area contributed by atoms with E-state index >= 15 is 0 Å². The van der Waals surface area contributed by atoms with Crippen LogP contribution in [0.5, 0.6) is 17.2 Å². The number of rotatable bonds is 8. The zero-order chi connectivity index (χ0) is 17.4. The predicted molar refractivity (Wildman–Crippen MR) is 95.0 cm³/mol. The Bertz CT molecular complexity index is 747. The summed E-state index contributed by atoms with van der Waals surface area (Å²) in [6.45, 7) is 3.96. The number of ketones is 1. The van der Waals surface area contributed by atoms with E-state index in [-0.39, 0.29) is 5.78 Å². The van der Waals surface area contributed by atoms with Crippen molar-refractivity contribution < 1.29 is 19.0 Å². The van der Waals surface area contributed by atoms with Gasteiger partial charge in [-0.15, -0.1) is 0 Å². The van der Waals surface area contributed by atoms with E-state index in [1.54, 1.807) is 50.6 Å². The molecule has 0 aliphatic carbocycles. The van der Waals surface area contributed by atoms with E-state index in [2.05, 4.69) is 6.58 Å². The fraction of sp³-hybridized carbons (Fsp3) is 0.150. The lowest BCUT2D eigenvalue weighted by Crippen LogP contribution is -2.01. The Labute approximate surface area is 142 Å². The van der Waals surface area contributed by atoms with Gasteiger partial charge in [-0.3, -0.25) is 4.79 Å². The first-order valence-electron chi connectivity index (χ1n) is 7.46. The Morgan fingerprint density at radius 3 is 2.58 bits per heavy atom. The van der Waals surface area contributed by atoms with Crippen molar-refractivity contribution in [1.82, 2.24) is 0 Å². The van der Waals surface area contributed by atoms with Crippen molar-refractivity contribution >= 4 is 11.9 Å². The molecule has 0 bridgehead atoms. The van der Waals surface area contributed by atoms with Gasteiger partial charge in [0.15, 0.2) is 5.78 Å². The quantitative estimate of drug-likeness (QED) is 0.415. The van der Waals surface area contributed by atoms with Crippen molar-refractivity contribution in [3.63, 3.8) is 0 Å². The fourth-order valence-corrected chi connectivity index (χ4v) is 2.16. The van der Waals surface area contributed by atoms with Crippen LogP contribution in [-0.4, -0.2) is 26.6 Å². The summed E-state index contributed by atoms with van der Waals surface area (Å²) in [6.07, 6.45) is 4.85.